The highest BCUT2D eigenvalue weighted by Crippen LogP contribution is 2.33. The van der Waals surface area contributed by atoms with Crippen molar-refractivity contribution in [1.82, 2.24) is 9.55 Å². The Labute approximate surface area is 203 Å². The van der Waals surface area contributed by atoms with E-state index in [1.54, 1.807) is 13.0 Å². The predicted molar refractivity (Wildman–Crippen MR) is 137 cm³/mol. The molecule has 6 nitrogen and oxygen atoms in total. The van der Waals surface area contributed by atoms with E-state index in [1.165, 1.54) is 45.9 Å². The van der Waals surface area contributed by atoms with Gasteiger partial charge in [0.15, 0.2) is 5.16 Å². The standard InChI is InChI=1S/C24H20ClN3O3S2/c1-3-11-28-23(31)20-17(15-7-5-4-6-8-15)13-32-22(20)27-24(28)33-14(2)21(30)26-18-12-16(25)9-10-19(18)29/h3-10,12-14,29H,1,11H2,2H3,(H,26,30). The first-order valence-electron chi connectivity index (χ1n) is 10.0. The van der Waals surface area contributed by atoms with Crippen LogP contribution in [0, 0.1) is 0 Å². The number of nitrogens with zero attached hydrogens (tertiary/aromatic N) is 2. The van der Waals surface area contributed by atoms with Crippen LogP contribution in [0.5, 0.6) is 5.75 Å². The number of hydrogen-bond donors (Lipinski definition) is 2. The number of aromatic hydroxyl groups is 1. The fourth-order valence-electron chi connectivity index (χ4n) is 3.27. The maximum absolute atomic E-state index is 13.4. The summed E-state index contributed by atoms with van der Waals surface area (Å²) in [7, 11) is 0. The van der Waals surface area contributed by atoms with Crippen molar-refractivity contribution in [1.29, 1.82) is 0 Å². The number of carbonyl (C=O) groups excluding carboxylic acids is 1. The van der Waals surface area contributed by atoms with E-state index in [-0.39, 0.29) is 29.4 Å². The minimum Gasteiger partial charge on any atom is -0.506 e. The molecule has 9 heteroatoms. The van der Waals surface area contributed by atoms with Gasteiger partial charge in [-0.25, -0.2) is 4.98 Å². The Bertz CT molecular complexity index is 1400. The second-order valence-corrected chi connectivity index (χ2v) is 9.81. The molecule has 0 fully saturated rings. The fraction of sp³-hybridized carbons (Fsp3) is 0.125. The van der Waals surface area contributed by atoms with Gasteiger partial charge in [-0.3, -0.25) is 14.2 Å². The number of carbonyl (C=O) groups is 1. The average Bonchev–Trinajstić information content (AvgIpc) is 3.23. The quantitative estimate of drug-likeness (QED) is 0.146. The Morgan fingerprint density at radius 3 is 2.82 bits per heavy atom. The Kier molecular flexibility index (Phi) is 6.88. The van der Waals surface area contributed by atoms with Gasteiger partial charge in [-0.1, -0.05) is 59.8 Å². The molecule has 2 heterocycles. The van der Waals surface area contributed by atoms with Crippen molar-refractivity contribution in [3.05, 3.63) is 81.9 Å². The van der Waals surface area contributed by atoms with Crippen LogP contribution in [0.15, 0.2) is 76.5 Å². The number of anilines is 1. The van der Waals surface area contributed by atoms with Crippen LogP contribution in [0.25, 0.3) is 21.3 Å². The number of nitrogens with one attached hydrogen (secondary N) is 1. The predicted octanol–water partition coefficient (Wildman–Crippen LogP) is 5.79. The van der Waals surface area contributed by atoms with E-state index < -0.39 is 5.25 Å². The molecule has 2 N–H and O–H groups in total. The number of aromatic nitrogens is 2. The first-order valence-corrected chi connectivity index (χ1v) is 12.2. The maximum Gasteiger partial charge on any atom is 0.263 e. The first kappa shape index (κ1) is 23.1. The number of amides is 1. The minimum absolute atomic E-state index is 0.0833. The van der Waals surface area contributed by atoms with Gasteiger partial charge in [-0.2, -0.15) is 0 Å². The first-order chi connectivity index (χ1) is 15.9. The minimum atomic E-state index is -0.600. The third-order valence-electron chi connectivity index (χ3n) is 4.92. The summed E-state index contributed by atoms with van der Waals surface area (Å²) in [5.74, 6) is -0.437. The van der Waals surface area contributed by atoms with Gasteiger partial charge in [-0.05, 0) is 30.7 Å². The molecule has 168 valence electrons. The summed E-state index contributed by atoms with van der Waals surface area (Å²) in [6.45, 7) is 5.73. The molecule has 0 saturated carbocycles. The van der Waals surface area contributed by atoms with Gasteiger partial charge in [0, 0.05) is 22.5 Å². The van der Waals surface area contributed by atoms with Crippen molar-refractivity contribution < 1.29 is 9.90 Å². The van der Waals surface area contributed by atoms with Crippen molar-refractivity contribution in [2.45, 2.75) is 23.9 Å². The molecule has 0 bridgehead atoms. The molecular formula is C24H20ClN3O3S2. The van der Waals surface area contributed by atoms with Crippen LogP contribution in [0.1, 0.15) is 6.92 Å². The summed E-state index contributed by atoms with van der Waals surface area (Å²) in [6.07, 6.45) is 1.63. The van der Waals surface area contributed by atoms with Crippen molar-refractivity contribution in [2.75, 3.05) is 5.32 Å². The van der Waals surface area contributed by atoms with Crippen LogP contribution < -0.4 is 10.9 Å². The number of allylic oxidation sites excluding steroid dienone is 1. The van der Waals surface area contributed by atoms with Gasteiger partial charge in [0.05, 0.1) is 16.3 Å². The maximum atomic E-state index is 13.4. The molecule has 0 aliphatic rings. The Balaban J connectivity index is 1.68. The van der Waals surface area contributed by atoms with Gasteiger partial charge >= 0.3 is 0 Å². The summed E-state index contributed by atoms with van der Waals surface area (Å²) >= 11 is 8.52. The highest BCUT2D eigenvalue weighted by Gasteiger charge is 2.22. The lowest BCUT2D eigenvalue weighted by atomic mass is 10.1. The van der Waals surface area contributed by atoms with Crippen LogP contribution in [-0.2, 0) is 11.3 Å². The molecule has 2 aromatic carbocycles. The summed E-state index contributed by atoms with van der Waals surface area (Å²) in [5.41, 5.74) is 1.83. The van der Waals surface area contributed by atoms with E-state index in [0.717, 1.165) is 11.1 Å². The molecule has 1 atom stereocenters. The number of halogens is 1. The third kappa shape index (κ3) is 4.83. The normalized spacial score (nSPS) is 11.9. The van der Waals surface area contributed by atoms with Crippen molar-refractivity contribution in [3.63, 3.8) is 0 Å². The number of hydrogen-bond acceptors (Lipinski definition) is 6. The second-order valence-electron chi connectivity index (χ2n) is 7.21. The molecule has 33 heavy (non-hydrogen) atoms. The van der Waals surface area contributed by atoms with Gasteiger partial charge in [-0.15, -0.1) is 17.9 Å². The molecular weight excluding hydrogens is 478 g/mol. The average molecular weight is 498 g/mol. The van der Waals surface area contributed by atoms with Gasteiger partial charge < -0.3 is 10.4 Å². The largest absolute Gasteiger partial charge is 0.506 e. The smallest absolute Gasteiger partial charge is 0.263 e. The zero-order chi connectivity index (χ0) is 23.5. The monoisotopic (exact) mass is 497 g/mol. The van der Waals surface area contributed by atoms with E-state index in [9.17, 15) is 14.7 Å². The van der Waals surface area contributed by atoms with Crippen LogP contribution in [0.3, 0.4) is 0 Å². The highest BCUT2D eigenvalue weighted by molar-refractivity contribution is 8.00. The lowest BCUT2D eigenvalue weighted by Gasteiger charge is -2.15. The van der Waals surface area contributed by atoms with E-state index >= 15 is 0 Å². The van der Waals surface area contributed by atoms with Crippen LogP contribution in [0.2, 0.25) is 5.02 Å². The number of thiophene rings is 1. The molecule has 1 unspecified atom stereocenters. The molecule has 0 saturated heterocycles. The Hall–Kier alpha value is -3.07. The lowest BCUT2D eigenvalue weighted by molar-refractivity contribution is -0.115. The van der Waals surface area contributed by atoms with Crippen molar-refractivity contribution in [2.24, 2.45) is 0 Å². The summed E-state index contributed by atoms with van der Waals surface area (Å²) in [6, 6.07) is 14.1. The van der Waals surface area contributed by atoms with E-state index in [2.05, 4.69) is 11.9 Å². The molecule has 1 amide bonds. The van der Waals surface area contributed by atoms with Crippen LogP contribution >= 0.6 is 34.7 Å². The van der Waals surface area contributed by atoms with Crippen molar-refractivity contribution in [3.8, 4) is 16.9 Å². The van der Waals surface area contributed by atoms with E-state index in [1.807, 2.05) is 35.7 Å². The van der Waals surface area contributed by atoms with E-state index in [0.29, 0.717) is 20.4 Å². The topological polar surface area (TPSA) is 84.2 Å². The van der Waals surface area contributed by atoms with Gasteiger partial charge in [0.1, 0.15) is 10.6 Å². The molecule has 0 aliphatic carbocycles. The Morgan fingerprint density at radius 1 is 1.33 bits per heavy atom. The number of phenolic OH excluding ortho intramolecular Hbond substituents is 1. The summed E-state index contributed by atoms with van der Waals surface area (Å²) in [5, 5.41) is 15.3. The Morgan fingerprint density at radius 2 is 2.09 bits per heavy atom. The lowest BCUT2D eigenvalue weighted by Crippen LogP contribution is -2.26. The second kappa shape index (κ2) is 9.82. The zero-order valence-electron chi connectivity index (χ0n) is 17.6. The fourth-order valence-corrected chi connectivity index (χ4v) is 5.35. The molecule has 2 aromatic heterocycles. The number of phenols is 1. The van der Waals surface area contributed by atoms with Gasteiger partial charge in [0.2, 0.25) is 5.91 Å². The number of fused-ring (bicyclic) bond motifs is 1. The highest BCUT2D eigenvalue weighted by atomic mass is 35.5. The molecule has 0 aliphatic heterocycles. The SMILES string of the molecule is C=CCn1c(SC(C)C(=O)Nc2cc(Cl)ccc2O)nc2scc(-c3ccccc3)c2c1=O. The molecule has 0 spiro atoms. The molecule has 4 rings (SSSR count). The third-order valence-corrected chi connectivity index (χ3v) is 7.12. The number of rotatable bonds is 7. The van der Waals surface area contributed by atoms with Crippen LogP contribution in [-0.4, -0.2) is 25.8 Å². The van der Waals surface area contributed by atoms with Crippen LogP contribution in [0.4, 0.5) is 5.69 Å². The van der Waals surface area contributed by atoms with Crippen molar-refractivity contribution >= 4 is 56.5 Å². The molecule has 4 aromatic rings. The zero-order valence-corrected chi connectivity index (χ0v) is 20.0. The summed E-state index contributed by atoms with van der Waals surface area (Å²) in [4.78, 5) is 31.5. The summed E-state index contributed by atoms with van der Waals surface area (Å²) < 4.78 is 1.53. The number of benzene rings is 2. The molecule has 0 radical (unpaired) electrons. The van der Waals surface area contributed by atoms with E-state index in [4.69, 9.17) is 16.6 Å². The number of thioether (sulfide) groups is 1. The van der Waals surface area contributed by atoms with Gasteiger partial charge in [0.25, 0.3) is 5.56 Å².